The molecule has 1 aliphatic rings. The van der Waals surface area contributed by atoms with Crippen molar-refractivity contribution >= 4 is 34.2 Å². The Morgan fingerprint density at radius 3 is 2.62 bits per heavy atom. The zero-order valence-corrected chi connectivity index (χ0v) is 15.3. The van der Waals surface area contributed by atoms with Crippen LogP contribution in [0.5, 0.6) is 5.75 Å². The second kappa shape index (κ2) is 6.93. The van der Waals surface area contributed by atoms with E-state index in [2.05, 4.69) is 0 Å². The first kappa shape index (κ1) is 17.4. The van der Waals surface area contributed by atoms with Gasteiger partial charge in [-0.3, -0.25) is 0 Å². The average Bonchev–Trinajstić information content (AvgIpc) is 2.63. The van der Waals surface area contributed by atoms with E-state index in [0.717, 1.165) is 42.2 Å². The van der Waals surface area contributed by atoms with Crippen LogP contribution in [0.3, 0.4) is 0 Å². The van der Waals surface area contributed by atoms with Crippen LogP contribution in [-0.2, 0) is 19.4 Å². The lowest BCUT2D eigenvalue weighted by Gasteiger charge is -2.17. The Hall–Kier alpha value is -2.04. The van der Waals surface area contributed by atoms with Crippen molar-refractivity contribution < 1.29 is 13.5 Å². The summed E-state index contributed by atoms with van der Waals surface area (Å²) in [5, 5.41) is 1.50. The Kier molecular flexibility index (Phi) is 4.63. The summed E-state index contributed by atoms with van der Waals surface area (Å²) >= 11 is 12.4. The highest BCUT2D eigenvalue weighted by molar-refractivity contribution is 6.33. The van der Waals surface area contributed by atoms with E-state index in [1.807, 2.05) is 0 Å². The second-order valence-corrected chi connectivity index (χ2v) is 7.14. The van der Waals surface area contributed by atoms with E-state index in [1.54, 1.807) is 18.2 Å². The maximum Gasteiger partial charge on any atom is 0.339 e. The largest absolute Gasteiger partial charge is 0.487 e. The van der Waals surface area contributed by atoms with E-state index in [-0.39, 0.29) is 22.8 Å². The summed E-state index contributed by atoms with van der Waals surface area (Å²) in [4.78, 5) is 12.2. The van der Waals surface area contributed by atoms with Crippen molar-refractivity contribution in [2.45, 2.75) is 32.3 Å². The Morgan fingerprint density at radius 1 is 1.08 bits per heavy atom. The van der Waals surface area contributed by atoms with Gasteiger partial charge in [-0.25, -0.2) is 9.18 Å². The van der Waals surface area contributed by atoms with Crippen molar-refractivity contribution in [2.75, 3.05) is 0 Å². The van der Waals surface area contributed by atoms with Crippen LogP contribution in [0.1, 0.15) is 29.5 Å². The zero-order chi connectivity index (χ0) is 18.3. The van der Waals surface area contributed by atoms with E-state index in [4.69, 9.17) is 32.4 Å². The predicted molar refractivity (Wildman–Crippen MR) is 99.9 cm³/mol. The Bertz CT molecular complexity index is 1040. The van der Waals surface area contributed by atoms with Gasteiger partial charge in [0.2, 0.25) is 0 Å². The summed E-state index contributed by atoms with van der Waals surface area (Å²) < 4.78 is 25.0. The summed E-state index contributed by atoms with van der Waals surface area (Å²) in [5.74, 6) is -0.132. The topological polar surface area (TPSA) is 39.4 Å². The molecule has 2 aromatic carbocycles. The second-order valence-electron chi connectivity index (χ2n) is 6.32. The minimum Gasteiger partial charge on any atom is -0.487 e. The summed E-state index contributed by atoms with van der Waals surface area (Å²) in [5.41, 5.74) is 2.12. The summed E-state index contributed by atoms with van der Waals surface area (Å²) in [6, 6.07) is 7.78. The third-order valence-corrected chi connectivity index (χ3v) is 5.36. The van der Waals surface area contributed by atoms with Gasteiger partial charge in [-0.05, 0) is 49.4 Å². The molecule has 0 fully saturated rings. The molecule has 0 saturated heterocycles. The van der Waals surface area contributed by atoms with Crippen LogP contribution in [0.4, 0.5) is 4.39 Å². The van der Waals surface area contributed by atoms with Gasteiger partial charge in [0.25, 0.3) is 0 Å². The van der Waals surface area contributed by atoms with Gasteiger partial charge in [-0.15, -0.1) is 0 Å². The maximum absolute atomic E-state index is 13.9. The van der Waals surface area contributed by atoms with Crippen LogP contribution in [-0.4, -0.2) is 0 Å². The van der Waals surface area contributed by atoms with E-state index in [1.165, 1.54) is 12.1 Å². The molecule has 6 heteroatoms. The van der Waals surface area contributed by atoms with Crippen molar-refractivity contribution in [3.63, 3.8) is 0 Å². The van der Waals surface area contributed by atoms with Crippen molar-refractivity contribution in [2.24, 2.45) is 0 Å². The molecule has 0 radical (unpaired) electrons. The van der Waals surface area contributed by atoms with E-state index >= 15 is 0 Å². The minimum atomic E-state index is -0.449. The van der Waals surface area contributed by atoms with Crippen LogP contribution in [0.15, 0.2) is 39.5 Å². The average molecular weight is 393 g/mol. The fraction of sp³-hybridized carbons (Fsp3) is 0.250. The van der Waals surface area contributed by atoms with Gasteiger partial charge in [0.05, 0.1) is 10.0 Å². The monoisotopic (exact) mass is 392 g/mol. The molecule has 0 N–H and O–H groups in total. The van der Waals surface area contributed by atoms with Gasteiger partial charge >= 0.3 is 5.63 Å². The molecule has 0 saturated carbocycles. The maximum atomic E-state index is 13.9. The highest BCUT2D eigenvalue weighted by Gasteiger charge is 2.20. The van der Waals surface area contributed by atoms with Gasteiger partial charge in [0.15, 0.2) is 0 Å². The lowest BCUT2D eigenvalue weighted by molar-refractivity contribution is 0.300. The molecule has 0 aliphatic heterocycles. The van der Waals surface area contributed by atoms with Crippen molar-refractivity contribution in [3.8, 4) is 5.75 Å². The quantitative estimate of drug-likeness (QED) is 0.536. The summed E-state index contributed by atoms with van der Waals surface area (Å²) in [6.45, 7) is -0.0775. The molecule has 4 rings (SSSR count). The number of hydrogen-bond acceptors (Lipinski definition) is 3. The molecule has 0 atom stereocenters. The molecule has 26 heavy (non-hydrogen) atoms. The van der Waals surface area contributed by atoms with Crippen molar-refractivity contribution in [1.29, 1.82) is 0 Å². The molecular formula is C20H15Cl2FO3. The molecule has 0 bridgehead atoms. The van der Waals surface area contributed by atoms with Gasteiger partial charge < -0.3 is 9.15 Å². The molecule has 134 valence electrons. The van der Waals surface area contributed by atoms with Crippen LogP contribution in [0.2, 0.25) is 10.0 Å². The molecule has 1 aliphatic carbocycles. The molecule has 0 spiro atoms. The third-order valence-electron chi connectivity index (χ3n) is 4.71. The fourth-order valence-corrected chi connectivity index (χ4v) is 3.81. The highest BCUT2D eigenvalue weighted by atomic mass is 35.5. The molecule has 0 unspecified atom stereocenters. The molecule has 1 heterocycles. The SMILES string of the molecule is O=c1oc2cc(OCc3c(F)cccc3Cl)c(Cl)cc2c2c1CCCC2. The number of aryl methyl sites for hydroxylation is 1. The Morgan fingerprint density at radius 2 is 1.85 bits per heavy atom. The molecule has 3 nitrogen and oxygen atoms in total. The number of benzene rings is 2. The lowest BCUT2D eigenvalue weighted by Crippen LogP contribution is -2.15. The van der Waals surface area contributed by atoms with Crippen LogP contribution < -0.4 is 10.4 Å². The highest BCUT2D eigenvalue weighted by Crippen LogP contribution is 2.35. The molecule has 0 amide bonds. The first-order valence-corrected chi connectivity index (χ1v) is 9.14. The van der Waals surface area contributed by atoms with Crippen molar-refractivity contribution in [3.05, 3.63) is 73.3 Å². The minimum absolute atomic E-state index is 0.0775. The standard InChI is InChI=1S/C20H15Cl2FO3/c21-15-6-3-7-17(23)14(15)10-25-19-9-18-13(8-16(19)22)11-4-1-2-5-12(11)20(24)26-18/h3,6-9H,1-2,4-5,10H2. The first-order valence-electron chi connectivity index (χ1n) is 8.38. The lowest BCUT2D eigenvalue weighted by atomic mass is 9.91. The predicted octanol–water partition coefficient (Wildman–Crippen LogP) is 5.70. The van der Waals surface area contributed by atoms with Gasteiger partial charge in [0, 0.05) is 22.6 Å². The molecular weight excluding hydrogens is 378 g/mol. The normalized spacial score (nSPS) is 13.7. The number of rotatable bonds is 3. The number of halogens is 3. The van der Waals surface area contributed by atoms with Crippen LogP contribution >= 0.6 is 23.2 Å². The third kappa shape index (κ3) is 3.08. The Balaban J connectivity index is 1.73. The fourth-order valence-electron chi connectivity index (χ4n) is 3.38. The first-order chi connectivity index (χ1) is 12.5. The number of ether oxygens (including phenoxy) is 1. The molecule has 3 aromatic rings. The summed E-state index contributed by atoms with van der Waals surface area (Å²) in [6.07, 6.45) is 3.59. The molecule has 1 aromatic heterocycles. The van der Waals surface area contributed by atoms with Crippen LogP contribution in [0, 0.1) is 5.82 Å². The van der Waals surface area contributed by atoms with E-state index < -0.39 is 5.82 Å². The van der Waals surface area contributed by atoms with Gasteiger partial charge in [-0.2, -0.15) is 0 Å². The van der Waals surface area contributed by atoms with Crippen molar-refractivity contribution in [1.82, 2.24) is 0 Å². The van der Waals surface area contributed by atoms with E-state index in [0.29, 0.717) is 16.4 Å². The van der Waals surface area contributed by atoms with Crippen LogP contribution in [0.25, 0.3) is 11.0 Å². The van der Waals surface area contributed by atoms with Gasteiger partial charge in [0.1, 0.15) is 23.8 Å². The van der Waals surface area contributed by atoms with Gasteiger partial charge in [-0.1, -0.05) is 29.3 Å². The summed E-state index contributed by atoms with van der Waals surface area (Å²) in [7, 11) is 0. The Labute approximate surface area is 159 Å². The number of fused-ring (bicyclic) bond motifs is 3. The zero-order valence-electron chi connectivity index (χ0n) is 13.8. The number of hydrogen-bond donors (Lipinski definition) is 0. The van der Waals surface area contributed by atoms with E-state index in [9.17, 15) is 9.18 Å². The smallest absolute Gasteiger partial charge is 0.339 e.